The average molecular weight is 411 g/mol. The molecule has 5 rings (SSSR count). The molecule has 2 heterocycles. The smallest absolute Gasteiger partial charge is 0.222 e. The molecule has 2 aliphatic carbocycles. The Balaban J connectivity index is 1.17. The molecule has 6 nitrogen and oxygen atoms in total. The zero-order valence-corrected chi connectivity index (χ0v) is 18.1. The van der Waals surface area contributed by atoms with Gasteiger partial charge in [0, 0.05) is 32.6 Å². The number of fused-ring (bicyclic) bond motifs is 2. The van der Waals surface area contributed by atoms with Gasteiger partial charge in [-0.3, -0.25) is 9.69 Å². The van der Waals surface area contributed by atoms with Gasteiger partial charge in [0.2, 0.25) is 5.91 Å². The fraction of sp³-hybridized carbons (Fsp3) is 0.708. The molecular weight excluding hydrogens is 376 g/mol. The number of hydrogen-bond acceptors (Lipinski definition) is 5. The Hall–Kier alpha value is -1.95. The lowest BCUT2D eigenvalue weighted by Crippen LogP contribution is -2.38. The predicted octanol–water partition coefficient (Wildman–Crippen LogP) is 4.25. The summed E-state index contributed by atoms with van der Waals surface area (Å²) in [5.41, 5.74) is 2.92. The summed E-state index contributed by atoms with van der Waals surface area (Å²) in [6.45, 7) is 3.14. The molecule has 1 saturated heterocycles. The minimum Gasteiger partial charge on any atom is -0.343 e. The summed E-state index contributed by atoms with van der Waals surface area (Å²) in [6.07, 6.45) is 10.8. The molecule has 1 aromatic carbocycles. The van der Waals surface area contributed by atoms with Crippen LogP contribution < -0.4 is 0 Å². The van der Waals surface area contributed by atoms with E-state index in [-0.39, 0.29) is 0 Å². The van der Waals surface area contributed by atoms with Crippen molar-refractivity contribution in [1.29, 1.82) is 0 Å². The highest BCUT2D eigenvalue weighted by Gasteiger charge is 2.40. The van der Waals surface area contributed by atoms with Gasteiger partial charge in [-0.25, -0.2) is 4.63 Å². The Labute approximate surface area is 178 Å². The molecule has 3 fully saturated rings. The van der Waals surface area contributed by atoms with Gasteiger partial charge in [-0.05, 0) is 78.3 Å². The van der Waals surface area contributed by atoms with Crippen LogP contribution in [0.25, 0.3) is 11.0 Å². The monoisotopic (exact) mass is 410 g/mol. The van der Waals surface area contributed by atoms with Gasteiger partial charge < -0.3 is 4.90 Å². The number of likely N-dealkylation sites (tertiary alicyclic amines) is 1. The van der Waals surface area contributed by atoms with Gasteiger partial charge in [0.25, 0.3) is 0 Å². The van der Waals surface area contributed by atoms with E-state index in [1.165, 1.54) is 50.5 Å². The number of carbonyl (C=O) groups is 1. The largest absolute Gasteiger partial charge is 0.343 e. The molecule has 3 atom stereocenters. The molecule has 1 amide bonds. The fourth-order valence-corrected chi connectivity index (χ4v) is 6.20. The maximum Gasteiger partial charge on any atom is 0.222 e. The van der Waals surface area contributed by atoms with E-state index >= 15 is 0 Å². The second-order valence-electron chi connectivity index (χ2n) is 9.93. The quantitative estimate of drug-likeness (QED) is 0.737. The molecule has 30 heavy (non-hydrogen) atoms. The van der Waals surface area contributed by atoms with Crippen LogP contribution >= 0.6 is 0 Å². The molecule has 1 aliphatic heterocycles. The maximum absolute atomic E-state index is 12.9. The Kier molecular flexibility index (Phi) is 5.77. The van der Waals surface area contributed by atoms with E-state index in [0.717, 1.165) is 49.4 Å². The number of hydrogen-bond donors (Lipinski definition) is 0. The molecule has 0 bridgehead atoms. The Morgan fingerprint density at radius 3 is 2.83 bits per heavy atom. The molecular formula is C24H34N4O2. The molecule has 3 aliphatic rings. The first-order valence-electron chi connectivity index (χ1n) is 11.9. The van der Waals surface area contributed by atoms with Crippen molar-refractivity contribution in [3.05, 3.63) is 23.8 Å². The van der Waals surface area contributed by atoms with Crippen LogP contribution in [-0.4, -0.2) is 52.2 Å². The van der Waals surface area contributed by atoms with Crippen LogP contribution in [0.3, 0.4) is 0 Å². The van der Waals surface area contributed by atoms with Crippen molar-refractivity contribution >= 4 is 16.9 Å². The first kappa shape index (κ1) is 20.0. The average Bonchev–Trinajstić information content (AvgIpc) is 3.41. The second kappa shape index (κ2) is 8.66. The minimum absolute atomic E-state index is 0.382. The second-order valence-corrected chi connectivity index (χ2v) is 9.93. The van der Waals surface area contributed by atoms with Gasteiger partial charge >= 0.3 is 0 Å². The minimum atomic E-state index is 0.382. The van der Waals surface area contributed by atoms with Gasteiger partial charge in [-0.2, -0.15) is 0 Å². The molecule has 0 N–H and O–H groups in total. The highest BCUT2D eigenvalue weighted by atomic mass is 16.6. The van der Waals surface area contributed by atoms with Crippen molar-refractivity contribution < 1.29 is 9.42 Å². The van der Waals surface area contributed by atoms with E-state index in [2.05, 4.69) is 33.2 Å². The van der Waals surface area contributed by atoms with Crippen LogP contribution in [-0.2, 0) is 11.3 Å². The van der Waals surface area contributed by atoms with Crippen molar-refractivity contribution in [3.63, 3.8) is 0 Å². The van der Waals surface area contributed by atoms with Crippen LogP contribution in [0.4, 0.5) is 0 Å². The number of benzene rings is 1. The van der Waals surface area contributed by atoms with Gasteiger partial charge in [0.15, 0.2) is 0 Å². The van der Waals surface area contributed by atoms with Gasteiger partial charge in [0.1, 0.15) is 11.0 Å². The predicted molar refractivity (Wildman–Crippen MR) is 116 cm³/mol. The van der Waals surface area contributed by atoms with Crippen molar-refractivity contribution in [1.82, 2.24) is 20.1 Å². The van der Waals surface area contributed by atoms with E-state index in [1.807, 2.05) is 12.1 Å². The Morgan fingerprint density at radius 1 is 1.13 bits per heavy atom. The van der Waals surface area contributed by atoms with Gasteiger partial charge in [0.05, 0.1) is 0 Å². The number of piperidine rings is 1. The van der Waals surface area contributed by atoms with E-state index < -0.39 is 0 Å². The topological polar surface area (TPSA) is 62.5 Å². The summed E-state index contributed by atoms with van der Waals surface area (Å²) in [7, 11) is 2.06. The van der Waals surface area contributed by atoms with E-state index in [0.29, 0.717) is 23.8 Å². The molecule has 2 aromatic rings. The lowest BCUT2D eigenvalue weighted by atomic mass is 9.86. The molecule has 0 spiro atoms. The molecule has 6 heteroatoms. The first-order chi connectivity index (χ1) is 14.7. The fourth-order valence-electron chi connectivity index (χ4n) is 6.20. The third kappa shape index (κ3) is 4.11. The van der Waals surface area contributed by atoms with Crippen molar-refractivity contribution in [3.8, 4) is 0 Å². The zero-order chi connectivity index (χ0) is 20.5. The van der Waals surface area contributed by atoms with Crippen LogP contribution in [0.2, 0.25) is 0 Å². The number of amides is 1. The van der Waals surface area contributed by atoms with Crippen LogP contribution in [0.1, 0.15) is 63.4 Å². The summed E-state index contributed by atoms with van der Waals surface area (Å²) in [5, 5.41) is 8.07. The number of aromatic nitrogens is 2. The summed E-state index contributed by atoms with van der Waals surface area (Å²) in [4.78, 5) is 17.6. The summed E-state index contributed by atoms with van der Waals surface area (Å²) in [5.74, 6) is 2.47. The number of carbonyl (C=O) groups excluding carboxylic acids is 1. The normalized spacial score (nSPS) is 28.0. The van der Waals surface area contributed by atoms with Crippen molar-refractivity contribution in [2.24, 2.45) is 17.8 Å². The standard InChI is InChI=1S/C24H34N4O2/c1-27(23(29)12-17-6-3-2-4-7-17)21-13-18-10-11-28(16-20(18)14-21)15-19-8-5-9-22-24(19)26-30-25-22/h5,8-9,17-18,20-21H,2-4,6-7,10-16H2,1H3/t18-,20-,21+/m1/s1. The summed E-state index contributed by atoms with van der Waals surface area (Å²) >= 11 is 0. The van der Waals surface area contributed by atoms with E-state index in [1.54, 1.807) is 0 Å². The molecule has 0 unspecified atom stereocenters. The Bertz CT molecular complexity index is 875. The van der Waals surface area contributed by atoms with Crippen molar-refractivity contribution in [2.75, 3.05) is 20.1 Å². The lowest BCUT2D eigenvalue weighted by molar-refractivity contribution is -0.133. The highest BCUT2D eigenvalue weighted by molar-refractivity contribution is 5.77. The van der Waals surface area contributed by atoms with E-state index in [9.17, 15) is 4.79 Å². The number of rotatable bonds is 5. The molecule has 1 aromatic heterocycles. The summed E-state index contributed by atoms with van der Waals surface area (Å²) < 4.78 is 4.93. The van der Waals surface area contributed by atoms with Gasteiger partial charge in [-0.15, -0.1) is 0 Å². The maximum atomic E-state index is 12.9. The van der Waals surface area contributed by atoms with Crippen LogP contribution in [0, 0.1) is 17.8 Å². The first-order valence-corrected chi connectivity index (χ1v) is 11.9. The van der Waals surface area contributed by atoms with Crippen LogP contribution in [0.5, 0.6) is 0 Å². The molecule has 2 saturated carbocycles. The Morgan fingerprint density at radius 2 is 1.97 bits per heavy atom. The zero-order valence-electron chi connectivity index (χ0n) is 18.1. The molecule has 0 radical (unpaired) electrons. The summed E-state index contributed by atoms with van der Waals surface area (Å²) in [6, 6.07) is 6.55. The third-order valence-corrected chi connectivity index (χ3v) is 8.02. The third-order valence-electron chi connectivity index (χ3n) is 8.02. The molecule has 162 valence electrons. The van der Waals surface area contributed by atoms with E-state index in [4.69, 9.17) is 4.63 Å². The number of nitrogens with zero attached hydrogens (tertiary/aromatic N) is 4. The van der Waals surface area contributed by atoms with Crippen LogP contribution in [0.15, 0.2) is 22.8 Å². The van der Waals surface area contributed by atoms with Crippen molar-refractivity contribution in [2.45, 2.75) is 70.4 Å². The lowest BCUT2D eigenvalue weighted by Gasteiger charge is -2.34. The van der Waals surface area contributed by atoms with Gasteiger partial charge in [-0.1, -0.05) is 31.4 Å². The highest BCUT2D eigenvalue weighted by Crippen LogP contribution is 2.41. The SMILES string of the molecule is CN(C(=O)CC1CCCCC1)[C@H]1C[C@H]2CCN(Cc3cccc4nonc34)C[C@H]2C1.